The first-order valence-electron chi connectivity index (χ1n) is 5.84. The van der Waals surface area contributed by atoms with Crippen molar-refractivity contribution in [2.75, 3.05) is 0 Å². The highest BCUT2D eigenvalue weighted by atomic mass is 14.1. The minimum atomic E-state index is 0.539. The molecule has 0 N–H and O–H groups in total. The molecule has 0 aliphatic carbocycles. The average Bonchev–Trinajstić information content (AvgIpc) is 2.01. The monoisotopic (exact) mass is 183 g/mol. The Kier molecular flexibility index (Phi) is 7.41. The lowest BCUT2D eigenvalue weighted by Gasteiger charge is -2.17. The summed E-state index contributed by atoms with van der Waals surface area (Å²) in [4.78, 5) is 0. The largest absolute Gasteiger partial charge is 0.0623 e. The smallest absolute Gasteiger partial charge is 0.0383 e. The summed E-state index contributed by atoms with van der Waals surface area (Å²) in [5, 5.41) is 0. The molecule has 0 unspecified atom stereocenters. The maximum atomic E-state index is 2.33. The van der Waals surface area contributed by atoms with Crippen molar-refractivity contribution < 1.29 is 0 Å². The van der Waals surface area contributed by atoms with Crippen molar-refractivity contribution in [3.05, 3.63) is 6.42 Å². The van der Waals surface area contributed by atoms with Crippen molar-refractivity contribution in [2.45, 2.75) is 72.6 Å². The average molecular weight is 183 g/mol. The predicted molar refractivity (Wildman–Crippen MR) is 61.7 cm³/mol. The van der Waals surface area contributed by atoms with Gasteiger partial charge in [-0.2, -0.15) is 0 Å². The van der Waals surface area contributed by atoms with Gasteiger partial charge in [0.25, 0.3) is 0 Å². The van der Waals surface area contributed by atoms with Crippen LogP contribution in [0.2, 0.25) is 0 Å². The van der Waals surface area contributed by atoms with Gasteiger partial charge in [-0.25, -0.2) is 0 Å². The number of unbranched alkanes of at least 4 members (excludes halogenated alkanes) is 6. The highest BCUT2D eigenvalue weighted by molar-refractivity contribution is 4.61. The van der Waals surface area contributed by atoms with E-state index in [1.54, 1.807) is 0 Å². The number of hydrogen-bond acceptors (Lipinski definition) is 0. The number of rotatable bonds is 7. The van der Waals surface area contributed by atoms with Crippen molar-refractivity contribution in [1.29, 1.82) is 0 Å². The molecule has 0 heteroatoms. The SMILES string of the molecule is C[CH]CCCCCCCC(C)(C)C. The molecule has 0 rings (SSSR count). The zero-order valence-corrected chi connectivity index (χ0v) is 10.0. The van der Waals surface area contributed by atoms with Gasteiger partial charge in [-0.3, -0.25) is 0 Å². The quantitative estimate of drug-likeness (QED) is 0.488. The van der Waals surface area contributed by atoms with Crippen LogP contribution in [0.1, 0.15) is 72.6 Å². The van der Waals surface area contributed by atoms with Crippen LogP contribution in [-0.4, -0.2) is 0 Å². The zero-order valence-electron chi connectivity index (χ0n) is 10.0. The molecule has 0 aromatic carbocycles. The topological polar surface area (TPSA) is 0 Å². The first-order valence-corrected chi connectivity index (χ1v) is 5.84. The molecule has 0 heterocycles. The van der Waals surface area contributed by atoms with Crippen LogP contribution >= 0.6 is 0 Å². The van der Waals surface area contributed by atoms with E-state index in [1.165, 1.54) is 44.9 Å². The van der Waals surface area contributed by atoms with Crippen LogP contribution in [0.5, 0.6) is 0 Å². The van der Waals surface area contributed by atoms with E-state index < -0.39 is 0 Å². The van der Waals surface area contributed by atoms with Gasteiger partial charge in [0.15, 0.2) is 0 Å². The van der Waals surface area contributed by atoms with Crippen LogP contribution in [0, 0.1) is 11.8 Å². The van der Waals surface area contributed by atoms with Gasteiger partial charge in [-0.15, -0.1) is 0 Å². The highest BCUT2D eigenvalue weighted by Gasteiger charge is 2.08. The Balaban J connectivity index is 3.00. The van der Waals surface area contributed by atoms with Gasteiger partial charge in [-0.1, -0.05) is 66.2 Å². The summed E-state index contributed by atoms with van der Waals surface area (Å²) >= 11 is 0. The molecule has 0 fully saturated rings. The molecule has 13 heavy (non-hydrogen) atoms. The molecule has 0 nitrogen and oxygen atoms in total. The van der Waals surface area contributed by atoms with Crippen LogP contribution in [-0.2, 0) is 0 Å². The molecule has 0 bridgehead atoms. The first-order chi connectivity index (χ1) is 6.06. The van der Waals surface area contributed by atoms with Gasteiger partial charge in [0, 0.05) is 0 Å². The second kappa shape index (κ2) is 7.41. The van der Waals surface area contributed by atoms with Crippen molar-refractivity contribution >= 4 is 0 Å². The normalized spacial score (nSPS) is 12.0. The van der Waals surface area contributed by atoms with Crippen LogP contribution in [0.15, 0.2) is 0 Å². The van der Waals surface area contributed by atoms with E-state index in [4.69, 9.17) is 0 Å². The molecule has 0 aromatic heterocycles. The minimum absolute atomic E-state index is 0.539. The van der Waals surface area contributed by atoms with E-state index in [9.17, 15) is 0 Å². The fraction of sp³-hybridized carbons (Fsp3) is 0.923. The summed E-state index contributed by atoms with van der Waals surface area (Å²) in [5.41, 5.74) is 0.539. The Hall–Kier alpha value is 0. The maximum Gasteiger partial charge on any atom is -0.0383 e. The molecule has 0 aliphatic heterocycles. The molecule has 1 radical (unpaired) electrons. The summed E-state index contributed by atoms with van der Waals surface area (Å²) in [5.74, 6) is 0. The van der Waals surface area contributed by atoms with Crippen LogP contribution in [0.25, 0.3) is 0 Å². The third-order valence-corrected chi connectivity index (χ3v) is 2.42. The van der Waals surface area contributed by atoms with Gasteiger partial charge >= 0.3 is 0 Å². The zero-order chi connectivity index (χ0) is 10.2. The fourth-order valence-electron chi connectivity index (χ4n) is 1.53. The molecular formula is C13H27. The molecule has 0 spiro atoms. The highest BCUT2D eigenvalue weighted by Crippen LogP contribution is 2.22. The second-order valence-corrected chi connectivity index (χ2v) is 5.28. The van der Waals surface area contributed by atoms with Crippen LogP contribution < -0.4 is 0 Å². The van der Waals surface area contributed by atoms with E-state index in [-0.39, 0.29) is 0 Å². The summed E-state index contributed by atoms with van der Waals surface area (Å²) in [6, 6.07) is 0. The standard InChI is InChI=1S/C13H27/c1-5-6-7-8-9-10-11-12-13(2,3)4/h5H,6-12H2,1-4H3. The second-order valence-electron chi connectivity index (χ2n) is 5.28. The molecule has 0 saturated heterocycles. The predicted octanol–water partition coefficient (Wildman–Crippen LogP) is 4.99. The van der Waals surface area contributed by atoms with Crippen LogP contribution in [0.3, 0.4) is 0 Å². The Morgan fingerprint density at radius 3 is 1.92 bits per heavy atom. The number of hydrogen-bond donors (Lipinski definition) is 0. The van der Waals surface area contributed by atoms with Gasteiger partial charge in [-0.05, 0) is 18.3 Å². The van der Waals surface area contributed by atoms with Gasteiger partial charge in [0.05, 0.1) is 0 Å². The molecular weight excluding hydrogens is 156 g/mol. The van der Waals surface area contributed by atoms with E-state index in [2.05, 4.69) is 34.1 Å². The van der Waals surface area contributed by atoms with Gasteiger partial charge in [0.1, 0.15) is 0 Å². The Morgan fingerprint density at radius 2 is 1.38 bits per heavy atom. The molecule has 0 aliphatic rings. The van der Waals surface area contributed by atoms with Crippen molar-refractivity contribution in [3.63, 3.8) is 0 Å². The summed E-state index contributed by atoms with van der Waals surface area (Å²) in [6.07, 6.45) is 12.1. The third kappa shape index (κ3) is 12.0. The third-order valence-electron chi connectivity index (χ3n) is 2.42. The van der Waals surface area contributed by atoms with Crippen LogP contribution in [0.4, 0.5) is 0 Å². The van der Waals surface area contributed by atoms with E-state index in [0.29, 0.717) is 5.41 Å². The first kappa shape index (κ1) is 13.0. The Bertz CT molecular complexity index is 97.1. The van der Waals surface area contributed by atoms with E-state index >= 15 is 0 Å². The van der Waals surface area contributed by atoms with Crippen molar-refractivity contribution in [1.82, 2.24) is 0 Å². The molecule has 0 aromatic rings. The lowest BCUT2D eigenvalue weighted by molar-refractivity contribution is 0.356. The lowest BCUT2D eigenvalue weighted by Crippen LogP contribution is -2.03. The summed E-state index contributed by atoms with van der Waals surface area (Å²) in [7, 11) is 0. The fourth-order valence-corrected chi connectivity index (χ4v) is 1.53. The molecule has 0 saturated carbocycles. The molecule has 0 amide bonds. The summed E-state index contributed by atoms with van der Waals surface area (Å²) < 4.78 is 0. The molecule has 0 atom stereocenters. The molecule has 79 valence electrons. The van der Waals surface area contributed by atoms with Gasteiger partial charge in [0.2, 0.25) is 0 Å². The minimum Gasteiger partial charge on any atom is -0.0623 e. The summed E-state index contributed by atoms with van der Waals surface area (Å²) in [6.45, 7) is 9.15. The van der Waals surface area contributed by atoms with Gasteiger partial charge < -0.3 is 0 Å². The van der Waals surface area contributed by atoms with Crippen molar-refractivity contribution in [2.24, 2.45) is 5.41 Å². The van der Waals surface area contributed by atoms with E-state index in [1.807, 2.05) is 0 Å². The lowest BCUT2D eigenvalue weighted by atomic mass is 9.89. The Morgan fingerprint density at radius 1 is 0.846 bits per heavy atom. The van der Waals surface area contributed by atoms with Crippen molar-refractivity contribution in [3.8, 4) is 0 Å². The Labute approximate surface area is 85.1 Å². The van der Waals surface area contributed by atoms with E-state index in [0.717, 1.165) is 0 Å². The maximum absolute atomic E-state index is 2.33.